The maximum absolute atomic E-state index is 13.4. The lowest BCUT2D eigenvalue weighted by atomic mass is 9.96. The molecule has 0 N–H and O–H groups in total. The molecule has 2 atom stereocenters. The predicted molar refractivity (Wildman–Crippen MR) is 109 cm³/mol. The number of halogens is 4. The molecule has 0 aliphatic carbocycles. The normalized spacial score (nSPS) is 21.7. The van der Waals surface area contributed by atoms with Crippen LogP contribution in [0, 0.1) is 0 Å². The van der Waals surface area contributed by atoms with E-state index in [0.29, 0.717) is 11.1 Å². The van der Waals surface area contributed by atoms with E-state index in [9.17, 15) is 13.2 Å². The van der Waals surface area contributed by atoms with Crippen molar-refractivity contribution in [1.29, 1.82) is 0 Å². The van der Waals surface area contributed by atoms with Crippen molar-refractivity contribution in [1.82, 2.24) is 9.47 Å². The summed E-state index contributed by atoms with van der Waals surface area (Å²) in [5.41, 5.74) is 3.86. The first kappa shape index (κ1) is 19.0. The topological polar surface area (TPSA) is 8.17 Å². The Bertz CT molecular complexity index is 1070. The average molecular weight is 419 g/mol. The monoisotopic (exact) mass is 418 g/mol. The third-order valence-electron chi connectivity index (χ3n) is 6.68. The van der Waals surface area contributed by atoms with Crippen LogP contribution in [0.4, 0.5) is 13.2 Å². The van der Waals surface area contributed by atoms with Crippen LogP contribution in [0.1, 0.15) is 41.3 Å². The number of likely N-dealkylation sites (N-methyl/N-ethyl adjacent to an activating group) is 1. The maximum atomic E-state index is 13.4. The highest BCUT2D eigenvalue weighted by Crippen LogP contribution is 2.47. The smallest absolute Gasteiger partial charge is 0.344 e. The number of aromatic nitrogens is 1. The van der Waals surface area contributed by atoms with Crippen LogP contribution in [-0.4, -0.2) is 22.6 Å². The quantitative estimate of drug-likeness (QED) is 0.488. The fourth-order valence-corrected chi connectivity index (χ4v) is 5.30. The van der Waals surface area contributed by atoms with Gasteiger partial charge in [0.2, 0.25) is 0 Å². The minimum Gasteiger partial charge on any atom is -0.344 e. The summed E-state index contributed by atoms with van der Waals surface area (Å²) < 4.78 is 42.4. The van der Waals surface area contributed by atoms with Gasteiger partial charge in [0.15, 0.2) is 0 Å². The minimum absolute atomic E-state index is 0.214. The van der Waals surface area contributed by atoms with Crippen molar-refractivity contribution in [3.8, 4) is 0 Å². The average Bonchev–Trinajstić information content (AvgIpc) is 3.10. The molecular weight excluding hydrogens is 397 g/mol. The van der Waals surface area contributed by atoms with Gasteiger partial charge in [0, 0.05) is 46.7 Å². The lowest BCUT2D eigenvalue weighted by Crippen LogP contribution is -2.34. The van der Waals surface area contributed by atoms with Crippen molar-refractivity contribution in [2.75, 3.05) is 7.05 Å². The van der Waals surface area contributed by atoms with Gasteiger partial charge in [-0.3, -0.25) is 4.90 Å². The van der Waals surface area contributed by atoms with Crippen molar-refractivity contribution in [3.63, 3.8) is 0 Å². The Hall–Kier alpha value is -1.98. The highest BCUT2D eigenvalue weighted by molar-refractivity contribution is 6.30. The lowest BCUT2D eigenvalue weighted by Gasteiger charge is -2.32. The largest absolute Gasteiger partial charge is 0.416 e. The summed E-state index contributed by atoms with van der Waals surface area (Å²) in [5, 5.41) is 1.47. The highest BCUT2D eigenvalue weighted by atomic mass is 35.5. The standard InChI is InChI=1S/C23H22ClF3N2/c1-28-17-7-9-20(28)22-18-12-15(23(25,26)27)4-8-19(18)29(21(22)13-17)11-10-14-2-5-16(24)6-3-14/h2-6,8,12,17,20H,7,9-11,13H2,1H3. The summed E-state index contributed by atoms with van der Waals surface area (Å²) >= 11 is 5.99. The van der Waals surface area contributed by atoms with E-state index in [1.807, 2.05) is 24.3 Å². The number of hydrogen-bond donors (Lipinski definition) is 0. The fraction of sp³-hybridized carbons (Fsp3) is 0.391. The molecule has 1 aromatic heterocycles. The molecule has 2 aliphatic rings. The van der Waals surface area contributed by atoms with Crippen LogP contribution < -0.4 is 0 Å². The van der Waals surface area contributed by atoms with E-state index in [1.54, 1.807) is 6.07 Å². The Morgan fingerprint density at radius 3 is 2.55 bits per heavy atom. The first-order valence-electron chi connectivity index (χ1n) is 10.0. The van der Waals surface area contributed by atoms with Gasteiger partial charge in [-0.2, -0.15) is 13.2 Å². The molecular formula is C23H22ClF3N2. The summed E-state index contributed by atoms with van der Waals surface area (Å²) in [7, 11) is 2.11. The third kappa shape index (κ3) is 3.15. The zero-order valence-corrected chi connectivity index (χ0v) is 16.9. The molecule has 1 fully saturated rings. The van der Waals surface area contributed by atoms with Crippen molar-refractivity contribution >= 4 is 22.5 Å². The van der Waals surface area contributed by atoms with Gasteiger partial charge in [0.05, 0.1) is 5.56 Å². The van der Waals surface area contributed by atoms with Crippen LogP contribution in [0.15, 0.2) is 42.5 Å². The minimum atomic E-state index is -4.33. The molecule has 2 aromatic carbocycles. The Morgan fingerprint density at radius 1 is 1.07 bits per heavy atom. The van der Waals surface area contributed by atoms with Gasteiger partial charge in [0.25, 0.3) is 0 Å². The number of alkyl halides is 3. The molecule has 152 valence electrons. The SMILES string of the molecule is CN1C2CCC1c1c(n(CCc3ccc(Cl)cc3)c3ccc(C(F)(F)F)cc13)C2. The van der Waals surface area contributed by atoms with Gasteiger partial charge in [-0.05, 0) is 67.8 Å². The Kier molecular flexibility index (Phi) is 4.44. The van der Waals surface area contributed by atoms with E-state index >= 15 is 0 Å². The number of rotatable bonds is 3. The first-order chi connectivity index (χ1) is 13.8. The van der Waals surface area contributed by atoms with Crippen molar-refractivity contribution in [3.05, 3.63) is 69.9 Å². The molecule has 1 saturated heterocycles. The summed E-state index contributed by atoms with van der Waals surface area (Å²) in [6.07, 6.45) is -0.488. The number of nitrogens with zero attached hydrogens (tertiary/aromatic N) is 2. The lowest BCUT2D eigenvalue weighted by molar-refractivity contribution is -0.137. The molecule has 2 nitrogen and oxygen atoms in total. The van der Waals surface area contributed by atoms with Crippen LogP contribution in [-0.2, 0) is 25.6 Å². The summed E-state index contributed by atoms with van der Waals surface area (Å²) in [4.78, 5) is 2.35. The maximum Gasteiger partial charge on any atom is 0.416 e. The highest BCUT2D eigenvalue weighted by Gasteiger charge is 2.41. The second kappa shape index (κ2) is 6.78. The number of aryl methyl sites for hydroxylation is 2. The fourth-order valence-electron chi connectivity index (χ4n) is 5.18. The summed E-state index contributed by atoms with van der Waals surface area (Å²) in [6.45, 7) is 0.752. The molecule has 3 aromatic rings. The second-order valence-electron chi connectivity index (χ2n) is 8.23. The van der Waals surface area contributed by atoms with E-state index < -0.39 is 11.7 Å². The van der Waals surface area contributed by atoms with Crippen molar-refractivity contribution in [2.45, 2.75) is 50.5 Å². The molecule has 29 heavy (non-hydrogen) atoms. The molecule has 2 aliphatic heterocycles. The Morgan fingerprint density at radius 2 is 1.83 bits per heavy atom. The van der Waals surface area contributed by atoms with E-state index in [1.165, 1.54) is 23.4 Å². The van der Waals surface area contributed by atoms with Gasteiger partial charge < -0.3 is 4.57 Å². The molecule has 3 heterocycles. The van der Waals surface area contributed by atoms with Gasteiger partial charge in [-0.25, -0.2) is 0 Å². The number of fused-ring (bicyclic) bond motifs is 6. The molecule has 2 unspecified atom stereocenters. The van der Waals surface area contributed by atoms with Crippen molar-refractivity contribution in [2.24, 2.45) is 0 Å². The second-order valence-corrected chi connectivity index (χ2v) is 8.67. The van der Waals surface area contributed by atoms with Crippen LogP contribution in [0.5, 0.6) is 0 Å². The molecule has 2 bridgehead atoms. The van der Waals surface area contributed by atoms with Crippen LogP contribution in [0.2, 0.25) is 5.02 Å². The summed E-state index contributed by atoms with van der Waals surface area (Å²) in [6, 6.07) is 12.7. The van der Waals surface area contributed by atoms with Gasteiger partial charge >= 0.3 is 6.18 Å². The van der Waals surface area contributed by atoms with E-state index in [2.05, 4.69) is 16.5 Å². The van der Waals surface area contributed by atoms with Gasteiger partial charge in [-0.1, -0.05) is 23.7 Å². The van der Waals surface area contributed by atoms with E-state index in [4.69, 9.17) is 11.6 Å². The van der Waals surface area contributed by atoms with E-state index in [0.717, 1.165) is 48.7 Å². The number of benzene rings is 2. The molecule has 0 spiro atoms. The zero-order valence-electron chi connectivity index (χ0n) is 16.1. The van der Waals surface area contributed by atoms with Crippen LogP contribution >= 0.6 is 11.6 Å². The van der Waals surface area contributed by atoms with Gasteiger partial charge in [0.1, 0.15) is 0 Å². The first-order valence-corrected chi connectivity index (χ1v) is 10.4. The number of hydrogen-bond acceptors (Lipinski definition) is 1. The Balaban J connectivity index is 1.61. The molecule has 0 radical (unpaired) electrons. The molecule has 5 rings (SSSR count). The molecule has 6 heteroatoms. The van der Waals surface area contributed by atoms with Crippen molar-refractivity contribution < 1.29 is 13.2 Å². The third-order valence-corrected chi connectivity index (χ3v) is 6.93. The molecule has 0 saturated carbocycles. The predicted octanol–water partition coefficient (Wildman–Crippen LogP) is 6.25. The van der Waals surface area contributed by atoms with Crippen LogP contribution in [0.25, 0.3) is 10.9 Å². The van der Waals surface area contributed by atoms with E-state index in [-0.39, 0.29) is 6.04 Å². The van der Waals surface area contributed by atoms with Gasteiger partial charge in [-0.15, -0.1) is 0 Å². The Labute approximate surface area is 172 Å². The van der Waals surface area contributed by atoms with Crippen LogP contribution in [0.3, 0.4) is 0 Å². The summed E-state index contributed by atoms with van der Waals surface area (Å²) in [5.74, 6) is 0. The zero-order chi connectivity index (χ0) is 20.3. The molecule has 0 amide bonds.